The van der Waals surface area contributed by atoms with E-state index in [1.807, 2.05) is 66.7 Å². The van der Waals surface area contributed by atoms with Crippen LogP contribution in [-0.4, -0.2) is 58.8 Å². The molecule has 4 aromatic rings. The Labute approximate surface area is 305 Å². The Morgan fingerprint density at radius 3 is 2.29 bits per heavy atom. The third kappa shape index (κ3) is 9.84. The van der Waals surface area contributed by atoms with Crippen molar-refractivity contribution < 1.29 is 29.3 Å². The molecule has 2 fully saturated rings. The molecule has 0 bridgehead atoms. The van der Waals surface area contributed by atoms with Gasteiger partial charge in [-0.25, -0.2) is 0 Å². The molecule has 4 unspecified atom stereocenters. The number of anilines is 2. The van der Waals surface area contributed by atoms with E-state index in [0.29, 0.717) is 50.0 Å². The van der Waals surface area contributed by atoms with Gasteiger partial charge in [-0.3, -0.25) is 14.5 Å². The average Bonchev–Trinajstić information content (AvgIpc) is 3.63. The number of aliphatic hydroxyl groups excluding tert-OH is 2. The Kier molecular flexibility index (Phi) is 13.1. The molecule has 10 nitrogen and oxygen atoms in total. The highest BCUT2D eigenvalue weighted by molar-refractivity contribution is 5.93. The van der Waals surface area contributed by atoms with Gasteiger partial charge in [0.2, 0.25) is 11.8 Å². The van der Waals surface area contributed by atoms with Gasteiger partial charge < -0.3 is 36.1 Å². The van der Waals surface area contributed by atoms with Crippen LogP contribution in [0.4, 0.5) is 11.4 Å². The van der Waals surface area contributed by atoms with Gasteiger partial charge in [0.05, 0.1) is 36.8 Å². The number of nitrogens with two attached hydrogens (primary N) is 1. The third-order valence-electron chi connectivity index (χ3n) is 10.0. The normalized spacial score (nSPS) is 20.4. The largest absolute Gasteiger partial charge is 0.397 e. The number of ether oxygens (including phenoxy) is 2. The van der Waals surface area contributed by atoms with Crippen molar-refractivity contribution in [3.63, 3.8) is 0 Å². The Balaban J connectivity index is 1.05. The number of hydrogen-bond acceptors (Lipinski definition) is 8. The zero-order valence-electron chi connectivity index (χ0n) is 29.6. The van der Waals surface area contributed by atoms with E-state index in [1.165, 1.54) is 0 Å². The molecule has 2 heterocycles. The summed E-state index contributed by atoms with van der Waals surface area (Å²) in [7, 11) is 0. The molecule has 0 saturated carbocycles. The molecule has 6 rings (SSSR count). The highest BCUT2D eigenvalue weighted by Crippen LogP contribution is 2.39. The van der Waals surface area contributed by atoms with Crippen molar-refractivity contribution in [2.24, 2.45) is 0 Å². The summed E-state index contributed by atoms with van der Waals surface area (Å²) in [6.07, 6.45) is 3.80. The third-order valence-corrected chi connectivity index (χ3v) is 10.0. The van der Waals surface area contributed by atoms with Crippen LogP contribution in [-0.2, 0) is 32.2 Å². The van der Waals surface area contributed by atoms with Crippen molar-refractivity contribution in [2.75, 3.05) is 30.7 Å². The van der Waals surface area contributed by atoms with Crippen molar-refractivity contribution in [2.45, 2.75) is 82.6 Å². The molecule has 2 aliphatic heterocycles. The topological polar surface area (TPSA) is 146 Å². The Bertz CT molecular complexity index is 1770. The predicted octanol–water partition coefficient (Wildman–Crippen LogP) is 6.25. The molecule has 10 heteroatoms. The number of aliphatic hydroxyl groups is 2. The minimum atomic E-state index is -0.567. The second-order valence-electron chi connectivity index (χ2n) is 13.7. The van der Waals surface area contributed by atoms with E-state index in [-0.39, 0.29) is 43.3 Å². The lowest BCUT2D eigenvalue weighted by Gasteiger charge is -2.38. The summed E-state index contributed by atoms with van der Waals surface area (Å²) < 4.78 is 13.2. The van der Waals surface area contributed by atoms with Crippen LogP contribution in [0.5, 0.6) is 0 Å². The summed E-state index contributed by atoms with van der Waals surface area (Å²) in [5.74, 6) is -0.176. The van der Waals surface area contributed by atoms with Crippen LogP contribution in [0.1, 0.15) is 79.6 Å². The lowest BCUT2D eigenvalue weighted by atomic mass is 9.97. The smallest absolute Gasteiger partial charge is 0.224 e. The number of amides is 2. The van der Waals surface area contributed by atoms with Crippen LogP contribution in [0.15, 0.2) is 97.1 Å². The van der Waals surface area contributed by atoms with Crippen LogP contribution in [0.25, 0.3) is 11.1 Å². The van der Waals surface area contributed by atoms with Gasteiger partial charge in [-0.2, -0.15) is 0 Å². The van der Waals surface area contributed by atoms with Crippen LogP contribution in [0.3, 0.4) is 0 Å². The molecule has 52 heavy (non-hydrogen) atoms. The quantitative estimate of drug-likeness (QED) is 0.0721. The van der Waals surface area contributed by atoms with Crippen molar-refractivity contribution in [1.29, 1.82) is 0 Å². The minimum absolute atomic E-state index is 0.00644. The predicted molar refractivity (Wildman–Crippen MR) is 202 cm³/mol. The standard InChI is InChI=1S/C42H50N4O6/c43-37-11-3-4-12-38(37)45-41(50)14-6-5-13-40(49)44-25-33-8-1-2-10-36(33)30-19-21-32(22-20-30)42-51-35(26-46-23-7-9-34(46)28-48)24-39(52-42)31-17-15-29(27-47)16-18-31/h1-4,8,10-12,15-22,34-35,39,42,47-48H,5-7,9,13-14,23-28,43H2,(H,44,49)(H,45,50). The molecule has 274 valence electrons. The minimum Gasteiger partial charge on any atom is -0.397 e. The zero-order chi connectivity index (χ0) is 36.3. The van der Waals surface area contributed by atoms with Gasteiger partial charge in [0, 0.05) is 44.0 Å². The van der Waals surface area contributed by atoms with Crippen LogP contribution >= 0.6 is 0 Å². The van der Waals surface area contributed by atoms with E-state index in [9.17, 15) is 19.8 Å². The summed E-state index contributed by atoms with van der Waals surface area (Å²) in [4.78, 5) is 27.3. The molecular formula is C42H50N4O6. The van der Waals surface area contributed by atoms with Crippen molar-refractivity contribution in [3.8, 4) is 11.1 Å². The van der Waals surface area contributed by atoms with Gasteiger partial charge in [-0.15, -0.1) is 0 Å². The first-order valence-electron chi connectivity index (χ1n) is 18.3. The molecule has 0 aromatic heterocycles. The number of benzene rings is 4. The molecule has 2 saturated heterocycles. The van der Waals surface area contributed by atoms with E-state index in [1.54, 1.807) is 12.1 Å². The molecule has 2 aliphatic rings. The van der Waals surface area contributed by atoms with Crippen molar-refractivity contribution in [1.82, 2.24) is 10.2 Å². The van der Waals surface area contributed by atoms with E-state index in [4.69, 9.17) is 15.2 Å². The summed E-state index contributed by atoms with van der Waals surface area (Å²) >= 11 is 0. The SMILES string of the molecule is Nc1ccccc1NC(=O)CCCCC(=O)NCc1ccccc1-c1ccc(C2OC(CN3CCCC3CO)CC(c3ccc(CO)cc3)O2)cc1. The first-order chi connectivity index (χ1) is 25.4. The van der Waals surface area contributed by atoms with Crippen LogP contribution in [0.2, 0.25) is 0 Å². The maximum atomic E-state index is 12.7. The summed E-state index contributed by atoms with van der Waals surface area (Å²) in [5.41, 5.74) is 12.9. The second-order valence-corrected chi connectivity index (χ2v) is 13.7. The number of likely N-dealkylation sites (tertiary alicyclic amines) is 1. The number of hydrogen-bond donors (Lipinski definition) is 5. The fraction of sp³-hybridized carbons (Fsp3) is 0.381. The van der Waals surface area contributed by atoms with Crippen molar-refractivity contribution >= 4 is 23.2 Å². The fourth-order valence-corrected chi connectivity index (χ4v) is 7.09. The maximum absolute atomic E-state index is 12.7. The fourth-order valence-electron chi connectivity index (χ4n) is 7.09. The number of carbonyl (C=O) groups is 2. The number of rotatable bonds is 15. The van der Waals surface area contributed by atoms with Gasteiger partial charge in [0.25, 0.3) is 0 Å². The highest BCUT2D eigenvalue weighted by Gasteiger charge is 2.35. The maximum Gasteiger partial charge on any atom is 0.224 e. The first kappa shape index (κ1) is 37.2. The Hall–Kier alpha value is -4.58. The highest BCUT2D eigenvalue weighted by atomic mass is 16.7. The summed E-state index contributed by atoms with van der Waals surface area (Å²) in [6.45, 7) is 2.21. The summed E-state index contributed by atoms with van der Waals surface area (Å²) in [6, 6.07) is 31.4. The molecule has 0 aliphatic carbocycles. The van der Waals surface area contributed by atoms with Crippen LogP contribution in [0, 0.1) is 0 Å². The number of nitrogens with zero attached hydrogens (tertiary/aromatic N) is 1. The monoisotopic (exact) mass is 706 g/mol. The molecule has 4 aromatic carbocycles. The van der Waals surface area contributed by atoms with Crippen LogP contribution < -0.4 is 16.4 Å². The molecule has 2 amide bonds. The zero-order valence-corrected chi connectivity index (χ0v) is 29.6. The molecule has 0 spiro atoms. The molecule has 0 radical (unpaired) electrons. The van der Waals surface area contributed by atoms with E-state index in [0.717, 1.165) is 59.3 Å². The van der Waals surface area contributed by atoms with E-state index < -0.39 is 6.29 Å². The molecular weight excluding hydrogens is 656 g/mol. The van der Waals surface area contributed by atoms with Gasteiger partial charge in [0.1, 0.15) is 0 Å². The van der Waals surface area contributed by atoms with Crippen molar-refractivity contribution in [3.05, 3.63) is 119 Å². The number of para-hydroxylation sites is 2. The lowest BCUT2D eigenvalue weighted by molar-refractivity contribution is -0.253. The Morgan fingerprint density at radius 2 is 1.54 bits per heavy atom. The number of carbonyl (C=O) groups excluding carboxylic acids is 2. The van der Waals surface area contributed by atoms with Gasteiger partial charge in [0.15, 0.2) is 6.29 Å². The lowest BCUT2D eigenvalue weighted by Crippen LogP contribution is -2.42. The second kappa shape index (κ2) is 18.3. The van der Waals surface area contributed by atoms with Gasteiger partial charge >= 0.3 is 0 Å². The van der Waals surface area contributed by atoms with E-state index in [2.05, 4.69) is 33.7 Å². The summed E-state index contributed by atoms with van der Waals surface area (Å²) in [5, 5.41) is 25.3. The number of nitrogen functional groups attached to an aromatic ring is 1. The van der Waals surface area contributed by atoms with Gasteiger partial charge in [-0.1, -0.05) is 84.9 Å². The number of unbranched alkanes of at least 4 members (excludes halogenated alkanes) is 1. The molecule has 4 atom stereocenters. The van der Waals surface area contributed by atoms with Gasteiger partial charge in [-0.05, 0) is 72.2 Å². The first-order valence-corrected chi connectivity index (χ1v) is 18.3. The average molecular weight is 707 g/mol. The Morgan fingerprint density at radius 1 is 0.827 bits per heavy atom. The van der Waals surface area contributed by atoms with E-state index >= 15 is 0 Å². The molecule has 6 N–H and O–H groups in total. The number of nitrogens with one attached hydrogen (secondary N) is 2.